The van der Waals surface area contributed by atoms with Gasteiger partial charge < -0.3 is 10.1 Å². The fraction of sp³-hybridized carbons (Fsp3) is 0.900. The lowest BCUT2D eigenvalue weighted by Crippen LogP contribution is -2.40. The van der Waals surface area contributed by atoms with Gasteiger partial charge in [-0.1, -0.05) is 0 Å². The molecule has 1 heterocycles. The first kappa shape index (κ1) is 13.4. The van der Waals surface area contributed by atoms with Crippen LogP contribution in [0.3, 0.4) is 0 Å². The number of methoxy groups -OCH3 is 1. The third-order valence-electron chi connectivity index (χ3n) is 2.68. The van der Waals surface area contributed by atoms with Gasteiger partial charge in [-0.3, -0.25) is 4.79 Å². The molecule has 16 heavy (non-hydrogen) atoms. The van der Waals surface area contributed by atoms with Gasteiger partial charge in [-0.25, -0.2) is 8.42 Å². The smallest absolute Gasteiger partial charge is 0.305 e. The molecule has 1 saturated heterocycles. The minimum Gasteiger partial charge on any atom is -0.469 e. The summed E-state index contributed by atoms with van der Waals surface area (Å²) < 4.78 is 27.2. The second-order valence-corrected chi connectivity index (χ2v) is 6.32. The highest BCUT2D eigenvalue weighted by atomic mass is 32.2. The molecule has 1 atom stereocenters. The Bertz CT molecular complexity index is 326. The number of ether oxygens (including phenoxy) is 1. The fourth-order valence-corrected chi connectivity index (χ4v) is 3.50. The third kappa shape index (κ3) is 4.94. The maximum absolute atomic E-state index is 11.3. The molecule has 0 spiro atoms. The van der Waals surface area contributed by atoms with Gasteiger partial charge in [-0.05, 0) is 25.8 Å². The standard InChI is InChI=1S/C10H19NO4S/c1-15-10(12)5-2-6-11-9-4-3-7-16(13,14)8-9/h9,11H,2-8H2,1H3. The second kappa shape index (κ2) is 6.20. The van der Waals surface area contributed by atoms with Crippen LogP contribution in [0.1, 0.15) is 25.7 Å². The molecule has 5 nitrogen and oxygen atoms in total. The van der Waals surface area contributed by atoms with Crippen molar-refractivity contribution in [3.05, 3.63) is 0 Å². The molecule has 0 amide bonds. The minimum absolute atomic E-state index is 0.0522. The van der Waals surface area contributed by atoms with Crippen LogP contribution in [-0.2, 0) is 19.4 Å². The van der Waals surface area contributed by atoms with Gasteiger partial charge in [-0.2, -0.15) is 0 Å². The van der Waals surface area contributed by atoms with E-state index in [4.69, 9.17) is 0 Å². The zero-order chi connectivity index (χ0) is 12.0. The Labute approximate surface area is 96.5 Å². The van der Waals surface area contributed by atoms with Crippen molar-refractivity contribution in [1.29, 1.82) is 0 Å². The number of hydrogen-bond donors (Lipinski definition) is 1. The molecule has 1 aliphatic rings. The first-order valence-corrected chi connectivity index (χ1v) is 7.36. The highest BCUT2D eigenvalue weighted by Crippen LogP contribution is 2.11. The van der Waals surface area contributed by atoms with E-state index in [-0.39, 0.29) is 17.8 Å². The Balaban J connectivity index is 2.16. The van der Waals surface area contributed by atoms with E-state index in [1.165, 1.54) is 7.11 Å². The Morgan fingerprint density at radius 1 is 1.50 bits per heavy atom. The molecule has 0 bridgehead atoms. The summed E-state index contributed by atoms with van der Waals surface area (Å²) >= 11 is 0. The van der Waals surface area contributed by atoms with E-state index in [1.54, 1.807) is 0 Å². The zero-order valence-electron chi connectivity index (χ0n) is 9.57. The summed E-state index contributed by atoms with van der Waals surface area (Å²) in [6.07, 6.45) is 2.70. The Kier molecular flexibility index (Phi) is 5.21. The topological polar surface area (TPSA) is 72.5 Å². The molecule has 0 radical (unpaired) electrons. The van der Waals surface area contributed by atoms with Crippen LogP contribution in [0.4, 0.5) is 0 Å². The zero-order valence-corrected chi connectivity index (χ0v) is 10.4. The van der Waals surface area contributed by atoms with Crippen LogP contribution in [0, 0.1) is 0 Å². The average Bonchev–Trinajstić information content (AvgIpc) is 2.22. The van der Waals surface area contributed by atoms with Crippen LogP contribution in [0.25, 0.3) is 0 Å². The van der Waals surface area contributed by atoms with Crippen molar-refractivity contribution in [1.82, 2.24) is 5.32 Å². The molecule has 6 heteroatoms. The van der Waals surface area contributed by atoms with E-state index < -0.39 is 9.84 Å². The van der Waals surface area contributed by atoms with Gasteiger partial charge in [0, 0.05) is 12.5 Å². The van der Waals surface area contributed by atoms with E-state index in [0.717, 1.165) is 12.8 Å². The van der Waals surface area contributed by atoms with Crippen LogP contribution in [0.2, 0.25) is 0 Å². The summed E-state index contributed by atoms with van der Waals surface area (Å²) in [5.74, 6) is 0.316. The largest absolute Gasteiger partial charge is 0.469 e. The van der Waals surface area contributed by atoms with Gasteiger partial charge >= 0.3 is 5.97 Å². The molecule has 0 aromatic carbocycles. The summed E-state index contributed by atoms with van der Waals surface area (Å²) in [6, 6.07) is 0.0522. The number of carbonyl (C=O) groups is 1. The third-order valence-corrected chi connectivity index (χ3v) is 4.50. The molecule has 0 aromatic heterocycles. The van der Waals surface area contributed by atoms with Crippen molar-refractivity contribution in [3.8, 4) is 0 Å². The van der Waals surface area contributed by atoms with Gasteiger partial charge in [0.05, 0.1) is 18.6 Å². The SMILES string of the molecule is COC(=O)CCCNC1CCCS(=O)(=O)C1. The number of hydrogen-bond acceptors (Lipinski definition) is 5. The predicted octanol–water partition coefficient (Wildman–Crippen LogP) is 0.106. The lowest BCUT2D eigenvalue weighted by atomic mass is 10.2. The molecule has 0 saturated carbocycles. The summed E-state index contributed by atoms with van der Waals surface area (Å²) in [6.45, 7) is 0.662. The summed E-state index contributed by atoms with van der Waals surface area (Å²) in [5.41, 5.74) is 0. The lowest BCUT2D eigenvalue weighted by Gasteiger charge is -2.22. The molecule has 1 N–H and O–H groups in total. The van der Waals surface area contributed by atoms with E-state index in [9.17, 15) is 13.2 Å². The van der Waals surface area contributed by atoms with E-state index >= 15 is 0 Å². The second-order valence-electron chi connectivity index (χ2n) is 4.09. The number of carbonyl (C=O) groups excluding carboxylic acids is 1. The average molecular weight is 249 g/mol. The van der Waals surface area contributed by atoms with Gasteiger partial charge in [0.15, 0.2) is 9.84 Å². The Morgan fingerprint density at radius 2 is 2.25 bits per heavy atom. The minimum atomic E-state index is -2.84. The van der Waals surface area contributed by atoms with Crippen molar-refractivity contribution < 1.29 is 17.9 Å². The molecule has 1 aliphatic heterocycles. The van der Waals surface area contributed by atoms with Crippen LogP contribution in [0.5, 0.6) is 0 Å². The first-order chi connectivity index (χ1) is 7.53. The number of sulfone groups is 1. The molecular formula is C10H19NO4S. The van der Waals surface area contributed by atoms with Crippen LogP contribution in [0.15, 0.2) is 0 Å². The molecule has 1 unspecified atom stereocenters. The molecule has 0 aliphatic carbocycles. The number of esters is 1. The number of rotatable bonds is 5. The summed E-state index contributed by atoms with van der Waals surface area (Å²) in [4.78, 5) is 10.8. The highest BCUT2D eigenvalue weighted by molar-refractivity contribution is 7.91. The van der Waals surface area contributed by atoms with Crippen molar-refractivity contribution >= 4 is 15.8 Å². The van der Waals surface area contributed by atoms with Crippen molar-refractivity contribution in [3.63, 3.8) is 0 Å². The maximum Gasteiger partial charge on any atom is 0.305 e. The highest BCUT2D eigenvalue weighted by Gasteiger charge is 2.23. The van der Waals surface area contributed by atoms with Gasteiger partial charge in [-0.15, -0.1) is 0 Å². The predicted molar refractivity (Wildman–Crippen MR) is 60.9 cm³/mol. The van der Waals surface area contributed by atoms with Crippen LogP contribution >= 0.6 is 0 Å². The number of nitrogens with one attached hydrogen (secondary N) is 1. The Hall–Kier alpha value is -0.620. The normalized spacial score (nSPS) is 23.9. The summed E-state index contributed by atoms with van der Waals surface area (Å²) in [5, 5.41) is 3.17. The Morgan fingerprint density at radius 3 is 2.88 bits per heavy atom. The fourth-order valence-electron chi connectivity index (χ4n) is 1.82. The molecule has 94 valence electrons. The summed E-state index contributed by atoms with van der Waals surface area (Å²) in [7, 11) is -1.48. The maximum atomic E-state index is 11.3. The van der Waals surface area contributed by atoms with Crippen molar-refractivity contribution in [2.24, 2.45) is 0 Å². The van der Waals surface area contributed by atoms with Gasteiger partial charge in [0.1, 0.15) is 0 Å². The van der Waals surface area contributed by atoms with Crippen LogP contribution in [-0.4, -0.2) is 45.6 Å². The van der Waals surface area contributed by atoms with Crippen molar-refractivity contribution in [2.45, 2.75) is 31.7 Å². The molecular weight excluding hydrogens is 230 g/mol. The van der Waals surface area contributed by atoms with E-state index in [0.29, 0.717) is 25.1 Å². The lowest BCUT2D eigenvalue weighted by molar-refractivity contribution is -0.140. The van der Waals surface area contributed by atoms with Gasteiger partial charge in [0.25, 0.3) is 0 Å². The monoisotopic (exact) mass is 249 g/mol. The van der Waals surface area contributed by atoms with E-state index in [1.807, 2.05) is 0 Å². The molecule has 1 rings (SSSR count). The molecule has 1 fully saturated rings. The molecule has 0 aromatic rings. The quantitative estimate of drug-likeness (QED) is 0.553. The van der Waals surface area contributed by atoms with Crippen molar-refractivity contribution in [2.75, 3.05) is 25.2 Å². The van der Waals surface area contributed by atoms with E-state index in [2.05, 4.69) is 10.1 Å². The first-order valence-electron chi connectivity index (χ1n) is 5.54. The van der Waals surface area contributed by atoms with Crippen LogP contribution < -0.4 is 5.32 Å². The van der Waals surface area contributed by atoms with Gasteiger partial charge in [0.2, 0.25) is 0 Å².